The third kappa shape index (κ3) is 6.51. The van der Waals surface area contributed by atoms with Crippen molar-refractivity contribution in [1.29, 1.82) is 0 Å². The van der Waals surface area contributed by atoms with Crippen molar-refractivity contribution in [2.24, 2.45) is 5.92 Å². The summed E-state index contributed by atoms with van der Waals surface area (Å²) in [6, 6.07) is 10.7. The highest BCUT2D eigenvalue weighted by atomic mass is 19.4. The van der Waals surface area contributed by atoms with Crippen LogP contribution in [0.4, 0.5) is 18.9 Å². The van der Waals surface area contributed by atoms with E-state index in [1.54, 1.807) is 12.1 Å². The second-order valence-corrected chi connectivity index (χ2v) is 6.81. The Hall–Kier alpha value is -3.03. The topological polar surface area (TPSA) is 64.6 Å². The standard InChI is InChI=1S/C21H22F3NO4/c1-13(2)12-28-16-10-8-15(9-11-16)20(27)29-14(3)19(26)25-18-7-5-4-6-17(18)21(22,23)24/h4-11,13-14H,12H2,1-3H3,(H,25,26)/t14-/m0/s1. The van der Waals surface area contributed by atoms with Crippen LogP contribution < -0.4 is 10.1 Å². The summed E-state index contributed by atoms with van der Waals surface area (Å²) in [5.41, 5.74) is -1.19. The normalized spacial score (nSPS) is 12.4. The first kappa shape index (κ1) is 22.3. The predicted octanol–water partition coefficient (Wildman–Crippen LogP) is 4.92. The number of carbonyl (C=O) groups excluding carboxylic acids is 2. The van der Waals surface area contributed by atoms with Gasteiger partial charge in [0.25, 0.3) is 5.91 Å². The highest BCUT2D eigenvalue weighted by Crippen LogP contribution is 2.34. The lowest BCUT2D eigenvalue weighted by molar-refractivity contribution is -0.137. The van der Waals surface area contributed by atoms with Crippen molar-refractivity contribution in [2.45, 2.75) is 33.1 Å². The molecule has 0 heterocycles. The number of esters is 1. The van der Waals surface area contributed by atoms with Gasteiger partial charge in [-0.25, -0.2) is 4.79 Å². The molecule has 0 radical (unpaired) electrons. The fourth-order valence-electron chi connectivity index (χ4n) is 2.31. The van der Waals surface area contributed by atoms with E-state index in [0.717, 1.165) is 12.1 Å². The van der Waals surface area contributed by atoms with Crippen LogP contribution in [-0.4, -0.2) is 24.6 Å². The number of hydrogen-bond acceptors (Lipinski definition) is 4. The maximum Gasteiger partial charge on any atom is 0.418 e. The summed E-state index contributed by atoms with van der Waals surface area (Å²) in [4.78, 5) is 24.4. The zero-order chi connectivity index (χ0) is 21.6. The van der Waals surface area contributed by atoms with Crippen molar-refractivity contribution in [1.82, 2.24) is 0 Å². The number of halogens is 3. The van der Waals surface area contributed by atoms with Crippen molar-refractivity contribution in [3.63, 3.8) is 0 Å². The molecule has 0 bridgehead atoms. The Morgan fingerprint density at radius 3 is 2.21 bits per heavy atom. The summed E-state index contributed by atoms with van der Waals surface area (Å²) in [7, 11) is 0. The van der Waals surface area contributed by atoms with Crippen LogP contribution in [0.2, 0.25) is 0 Å². The summed E-state index contributed by atoms with van der Waals surface area (Å²) < 4.78 is 49.6. The molecule has 0 saturated heterocycles. The van der Waals surface area contributed by atoms with E-state index in [0.29, 0.717) is 18.3 Å². The Labute approximate surface area is 166 Å². The van der Waals surface area contributed by atoms with E-state index in [4.69, 9.17) is 9.47 Å². The van der Waals surface area contributed by atoms with Gasteiger partial charge in [-0.15, -0.1) is 0 Å². The molecule has 1 amide bonds. The van der Waals surface area contributed by atoms with Crippen molar-refractivity contribution < 1.29 is 32.2 Å². The van der Waals surface area contributed by atoms with Gasteiger partial charge >= 0.3 is 12.1 Å². The second-order valence-electron chi connectivity index (χ2n) is 6.81. The molecule has 2 aromatic carbocycles. The number of rotatable bonds is 7. The zero-order valence-corrected chi connectivity index (χ0v) is 16.2. The second kappa shape index (κ2) is 9.45. The summed E-state index contributed by atoms with van der Waals surface area (Å²) in [5.74, 6) is -0.703. The molecule has 1 N–H and O–H groups in total. The monoisotopic (exact) mass is 409 g/mol. The van der Waals surface area contributed by atoms with Gasteiger partial charge in [-0.3, -0.25) is 4.79 Å². The number of alkyl halides is 3. The maximum atomic E-state index is 13.0. The van der Waals surface area contributed by atoms with Gasteiger partial charge in [0.15, 0.2) is 6.10 Å². The van der Waals surface area contributed by atoms with Crippen LogP contribution in [0.3, 0.4) is 0 Å². The lowest BCUT2D eigenvalue weighted by atomic mass is 10.1. The van der Waals surface area contributed by atoms with Crippen molar-refractivity contribution >= 4 is 17.6 Å². The van der Waals surface area contributed by atoms with E-state index in [1.165, 1.54) is 31.2 Å². The van der Waals surface area contributed by atoms with Crippen molar-refractivity contribution in [2.75, 3.05) is 11.9 Å². The molecule has 0 unspecified atom stereocenters. The number of amides is 1. The van der Waals surface area contributed by atoms with Crippen LogP contribution in [0.25, 0.3) is 0 Å². The van der Waals surface area contributed by atoms with Crippen LogP contribution >= 0.6 is 0 Å². The third-order valence-electron chi connectivity index (χ3n) is 3.82. The van der Waals surface area contributed by atoms with Gasteiger partial charge in [0, 0.05) is 0 Å². The molecule has 5 nitrogen and oxygen atoms in total. The quantitative estimate of drug-likeness (QED) is 0.659. The maximum absolute atomic E-state index is 13.0. The van der Waals surface area contributed by atoms with Gasteiger partial charge in [0.1, 0.15) is 5.75 Å². The Morgan fingerprint density at radius 2 is 1.62 bits per heavy atom. The summed E-state index contributed by atoms with van der Waals surface area (Å²) >= 11 is 0. The first-order valence-electron chi connectivity index (χ1n) is 8.99. The third-order valence-corrected chi connectivity index (χ3v) is 3.82. The van der Waals surface area contributed by atoms with Gasteiger partial charge in [0.05, 0.1) is 23.4 Å². The van der Waals surface area contributed by atoms with E-state index in [2.05, 4.69) is 5.32 Å². The van der Waals surface area contributed by atoms with Gasteiger partial charge in [0.2, 0.25) is 0 Å². The predicted molar refractivity (Wildman–Crippen MR) is 102 cm³/mol. The van der Waals surface area contributed by atoms with Crippen molar-refractivity contribution in [3.8, 4) is 5.75 Å². The largest absolute Gasteiger partial charge is 0.493 e. The highest BCUT2D eigenvalue weighted by Gasteiger charge is 2.34. The zero-order valence-electron chi connectivity index (χ0n) is 16.2. The van der Waals surface area contributed by atoms with Crippen molar-refractivity contribution in [3.05, 3.63) is 59.7 Å². The van der Waals surface area contributed by atoms with Gasteiger partial charge in [-0.05, 0) is 49.2 Å². The highest BCUT2D eigenvalue weighted by molar-refractivity contribution is 5.97. The Morgan fingerprint density at radius 1 is 1.00 bits per heavy atom. The van der Waals surface area contributed by atoms with Gasteiger partial charge in [-0.2, -0.15) is 13.2 Å². The van der Waals surface area contributed by atoms with E-state index < -0.39 is 35.4 Å². The smallest absolute Gasteiger partial charge is 0.418 e. The van der Waals surface area contributed by atoms with Crippen LogP contribution in [0.1, 0.15) is 36.7 Å². The SMILES string of the molecule is CC(C)COc1ccc(C(=O)O[C@@H](C)C(=O)Nc2ccccc2C(F)(F)F)cc1. The molecule has 1 atom stereocenters. The summed E-state index contributed by atoms with van der Waals surface area (Å²) in [6.45, 7) is 5.82. The number of hydrogen-bond donors (Lipinski definition) is 1. The first-order chi connectivity index (χ1) is 13.6. The molecule has 0 aromatic heterocycles. The van der Waals surface area contributed by atoms with Crippen LogP contribution in [-0.2, 0) is 15.7 Å². The molecule has 0 aliphatic heterocycles. The van der Waals surface area contributed by atoms with Crippen LogP contribution in [0, 0.1) is 5.92 Å². The molecular formula is C21H22F3NO4. The van der Waals surface area contributed by atoms with E-state index in [1.807, 2.05) is 13.8 Å². The number of para-hydroxylation sites is 1. The molecule has 0 saturated carbocycles. The lowest BCUT2D eigenvalue weighted by Gasteiger charge is -2.17. The summed E-state index contributed by atoms with van der Waals surface area (Å²) in [5, 5.41) is 2.15. The Balaban J connectivity index is 1.98. The Bertz CT molecular complexity index is 848. The molecule has 0 aliphatic rings. The molecule has 8 heteroatoms. The molecule has 29 heavy (non-hydrogen) atoms. The Kier molecular flexibility index (Phi) is 7.25. The molecule has 0 spiro atoms. The minimum absolute atomic E-state index is 0.192. The minimum Gasteiger partial charge on any atom is -0.493 e. The fraction of sp³-hybridized carbons (Fsp3) is 0.333. The summed E-state index contributed by atoms with van der Waals surface area (Å²) in [6.07, 6.45) is -5.91. The van der Waals surface area contributed by atoms with E-state index in [9.17, 15) is 22.8 Å². The fourth-order valence-corrected chi connectivity index (χ4v) is 2.31. The number of ether oxygens (including phenoxy) is 2. The van der Waals surface area contributed by atoms with Gasteiger partial charge in [-0.1, -0.05) is 26.0 Å². The molecule has 0 fully saturated rings. The van der Waals surface area contributed by atoms with Crippen LogP contribution in [0.5, 0.6) is 5.75 Å². The number of nitrogens with one attached hydrogen (secondary N) is 1. The minimum atomic E-state index is -4.62. The number of anilines is 1. The van der Waals surface area contributed by atoms with Gasteiger partial charge < -0.3 is 14.8 Å². The van der Waals surface area contributed by atoms with Crippen LogP contribution in [0.15, 0.2) is 48.5 Å². The lowest BCUT2D eigenvalue weighted by Crippen LogP contribution is -2.30. The molecule has 156 valence electrons. The molecule has 0 aliphatic carbocycles. The molecule has 2 rings (SSSR count). The number of carbonyl (C=O) groups is 2. The molecular weight excluding hydrogens is 387 g/mol. The average Bonchev–Trinajstić information content (AvgIpc) is 2.66. The first-order valence-corrected chi connectivity index (χ1v) is 8.99. The average molecular weight is 409 g/mol. The van der Waals surface area contributed by atoms with E-state index in [-0.39, 0.29) is 5.56 Å². The molecule has 2 aromatic rings. The van der Waals surface area contributed by atoms with E-state index >= 15 is 0 Å². The number of benzene rings is 2.